The first kappa shape index (κ1) is 20.9. The van der Waals surface area contributed by atoms with Crippen LogP contribution in [0.5, 0.6) is 0 Å². The van der Waals surface area contributed by atoms with Gasteiger partial charge in [0.05, 0.1) is 22.0 Å². The van der Waals surface area contributed by atoms with Crippen molar-refractivity contribution >= 4 is 28.6 Å². The number of benzene rings is 2. The number of aromatic nitrogens is 3. The van der Waals surface area contributed by atoms with Crippen LogP contribution >= 0.6 is 0 Å². The first-order valence-corrected chi connectivity index (χ1v) is 10.0. The van der Waals surface area contributed by atoms with Crippen LogP contribution in [0.15, 0.2) is 73.1 Å². The van der Waals surface area contributed by atoms with E-state index in [1.165, 1.54) is 18.2 Å². The molecule has 0 radical (unpaired) electrons. The Hall–Kier alpha value is -4.33. The molecule has 1 amide bonds. The molecule has 0 fully saturated rings. The number of nitro groups is 1. The lowest BCUT2D eigenvalue weighted by molar-refractivity contribution is -0.385. The third-order valence-electron chi connectivity index (χ3n) is 5.22. The van der Waals surface area contributed by atoms with E-state index < -0.39 is 4.92 Å². The summed E-state index contributed by atoms with van der Waals surface area (Å²) >= 11 is 0. The van der Waals surface area contributed by atoms with Crippen LogP contribution in [0.4, 0.5) is 5.69 Å². The number of aryl methyl sites for hydroxylation is 1. The molecule has 2 aromatic heterocycles. The van der Waals surface area contributed by atoms with Crippen LogP contribution in [-0.2, 0) is 11.8 Å². The number of rotatable bonds is 6. The van der Waals surface area contributed by atoms with Gasteiger partial charge in [0, 0.05) is 42.5 Å². The Labute approximate surface area is 184 Å². The molecule has 2 heterocycles. The lowest BCUT2D eigenvalue weighted by atomic mass is 10.0. The number of nitrogens with one attached hydrogen (secondary N) is 1. The average molecular weight is 427 g/mol. The van der Waals surface area contributed by atoms with Crippen molar-refractivity contribution in [2.24, 2.45) is 7.05 Å². The summed E-state index contributed by atoms with van der Waals surface area (Å²) in [6.07, 6.45) is 6.12. The molecule has 4 aromatic rings. The van der Waals surface area contributed by atoms with Gasteiger partial charge in [0.25, 0.3) is 5.69 Å². The lowest BCUT2D eigenvalue weighted by Gasteiger charge is -2.12. The van der Waals surface area contributed by atoms with Gasteiger partial charge in [-0.3, -0.25) is 24.6 Å². The minimum Gasteiger partial charge on any atom is -0.346 e. The van der Waals surface area contributed by atoms with Gasteiger partial charge in [0.2, 0.25) is 5.91 Å². The van der Waals surface area contributed by atoms with Gasteiger partial charge in [0.1, 0.15) is 5.69 Å². The van der Waals surface area contributed by atoms with Gasteiger partial charge in [-0.25, -0.2) is 0 Å². The molecule has 8 nitrogen and oxygen atoms in total. The largest absolute Gasteiger partial charge is 0.346 e. The van der Waals surface area contributed by atoms with E-state index in [2.05, 4.69) is 15.4 Å². The second-order valence-corrected chi connectivity index (χ2v) is 7.37. The van der Waals surface area contributed by atoms with E-state index in [1.54, 1.807) is 30.2 Å². The number of hydrogen-bond donors (Lipinski definition) is 1. The summed E-state index contributed by atoms with van der Waals surface area (Å²) in [6.45, 7) is 1.88. The number of nitrogens with zero attached hydrogens (tertiary/aromatic N) is 4. The molecule has 0 bridgehead atoms. The topological polar surface area (TPSA) is 103 Å². The number of nitro benzene ring substituents is 1. The summed E-state index contributed by atoms with van der Waals surface area (Å²) in [4.78, 5) is 27.7. The van der Waals surface area contributed by atoms with E-state index >= 15 is 0 Å². The lowest BCUT2D eigenvalue weighted by Crippen LogP contribution is -2.24. The van der Waals surface area contributed by atoms with Gasteiger partial charge in [-0.15, -0.1) is 0 Å². The van der Waals surface area contributed by atoms with Crippen molar-refractivity contribution in [3.63, 3.8) is 0 Å². The molecule has 0 aliphatic heterocycles. The van der Waals surface area contributed by atoms with E-state index in [-0.39, 0.29) is 17.6 Å². The fourth-order valence-electron chi connectivity index (χ4n) is 3.58. The molecule has 0 aliphatic rings. The van der Waals surface area contributed by atoms with E-state index in [0.29, 0.717) is 16.8 Å². The van der Waals surface area contributed by atoms with Crippen molar-refractivity contribution in [1.29, 1.82) is 0 Å². The maximum atomic E-state index is 12.4. The van der Waals surface area contributed by atoms with Gasteiger partial charge in [-0.1, -0.05) is 30.3 Å². The Balaban J connectivity index is 1.68. The predicted molar refractivity (Wildman–Crippen MR) is 123 cm³/mol. The van der Waals surface area contributed by atoms with Crippen molar-refractivity contribution in [2.45, 2.75) is 13.0 Å². The van der Waals surface area contributed by atoms with Crippen LogP contribution in [0.25, 0.3) is 28.2 Å². The molecule has 0 saturated carbocycles. The normalized spacial score (nSPS) is 12.2. The molecule has 1 atom stereocenters. The van der Waals surface area contributed by atoms with Crippen LogP contribution < -0.4 is 5.32 Å². The highest BCUT2D eigenvalue weighted by Gasteiger charge is 2.19. The second kappa shape index (κ2) is 8.81. The molecule has 4 rings (SSSR count). The minimum atomic E-state index is -0.456. The third-order valence-corrected chi connectivity index (χ3v) is 5.22. The standard InChI is InChI=1S/C24H21N5O3/c1-16(17-6-4-3-5-7-17)26-23(30)9-8-19-14-20-22(15-21(19)29(31)32)28(2)27-24(20)18-10-12-25-13-11-18/h3-16H,1-2H3,(H,26,30)/b9-8+/t16-/m1/s1. The van der Waals surface area contributed by atoms with E-state index in [4.69, 9.17) is 0 Å². The smallest absolute Gasteiger partial charge is 0.278 e. The minimum absolute atomic E-state index is 0.0954. The molecule has 32 heavy (non-hydrogen) atoms. The summed E-state index contributed by atoms with van der Waals surface area (Å²) in [7, 11) is 1.74. The zero-order valence-electron chi connectivity index (χ0n) is 17.6. The zero-order chi connectivity index (χ0) is 22.7. The van der Waals surface area contributed by atoms with Crippen LogP contribution in [-0.4, -0.2) is 25.6 Å². The molecule has 8 heteroatoms. The molecular weight excluding hydrogens is 406 g/mol. The summed E-state index contributed by atoms with van der Waals surface area (Å²) in [5, 5.41) is 19.9. The number of hydrogen-bond acceptors (Lipinski definition) is 5. The van der Waals surface area contributed by atoms with Crippen molar-refractivity contribution in [2.75, 3.05) is 0 Å². The quantitative estimate of drug-likeness (QED) is 0.278. The van der Waals surface area contributed by atoms with Crippen molar-refractivity contribution in [3.8, 4) is 11.3 Å². The highest BCUT2D eigenvalue weighted by Crippen LogP contribution is 2.33. The average Bonchev–Trinajstić information content (AvgIpc) is 3.13. The van der Waals surface area contributed by atoms with Crippen molar-refractivity contribution < 1.29 is 9.72 Å². The summed E-state index contributed by atoms with van der Waals surface area (Å²) < 4.78 is 1.61. The van der Waals surface area contributed by atoms with Crippen molar-refractivity contribution in [1.82, 2.24) is 20.1 Å². The number of amides is 1. The fourth-order valence-corrected chi connectivity index (χ4v) is 3.58. The second-order valence-electron chi connectivity index (χ2n) is 7.37. The van der Waals surface area contributed by atoms with E-state index in [9.17, 15) is 14.9 Å². The molecular formula is C24H21N5O3. The molecule has 0 unspecified atom stereocenters. The molecule has 160 valence electrons. The van der Waals surface area contributed by atoms with Gasteiger partial charge in [-0.05, 0) is 36.8 Å². The van der Waals surface area contributed by atoms with Gasteiger partial charge < -0.3 is 5.32 Å². The van der Waals surface area contributed by atoms with Gasteiger partial charge in [0.15, 0.2) is 0 Å². The SMILES string of the molecule is C[C@@H](NC(=O)/C=C/c1cc2c(-c3ccncc3)nn(C)c2cc1[N+](=O)[O-])c1ccccc1. The number of carbonyl (C=O) groups excluding carboxylic acids is 1. The maximum Gasteiger partial charge on any atom is 0.278 e. The first-order valence-electron chi connectivity index (χ1n) is 10.0. The van der Waals surface area contributed by atoms with Crippen LogP contribution in [0.3, 0.4) is 0 Å². The van der Waals surface area contributed by atoms with Crippen LogP contribution in [0, 0.1) is 10.1 Å². The summed E-state index contributed by atoms with van der Waals surface area (Å²) in [6, 6.07) is 16.2. The highest BCUT2D eigenvalue weighted by atomic mass is 16.6. The Morgan fingerprint density at radius 1 is 1.16 bits per heavy atom. The van der Waals surface area contributed by atoms with Gasteiger partial charge >= 0.3 is 0 Å². The number of pyridine rings is 1. The predicted octanol–water partition coefficient (Wildman–Crippen LogP) is 4.43. The van der Waals surface area contributed by atoms with E-state index in [0.717, 1.165) is 16.5 Å². The van der Waals surface area contributed by atoms with Crippen molar-refractivity contribution in [3.05, 3.63) is 94.3 Å². The molecule has 1 N–H and O–H groups in total. The van der Waals surface area contributed by atoms with Crippen LogP contribution in [0.1, 0.15) is 24.1 Å². The monoisotopic (exact) mass is 427 g/mol. The molecule has 0 spiro atoms. The van der Waals surface area contributed by atoms with E-state index in [1.807, 2.05) is 49.4 Å². The van der Waals surface area contributed by atoms with Crippen LogP contribution in [0.2, 0.25) is 0 Å². The molecule has 2 aromatic carbocycles. The first-order chi connectivity index (χ1) is 15.4. The third kappa shape index (κ3) is 4.24. The Kier molecular flexibility index (Phi) is 5.76. The zero-order valence-corrected chi connectivity index (χ0v) is 17.6. The summed E-state index contributed by atoms with van der Waals surface area (Å²) in [5.74, 6) is -0.337. The number of fused-ring (bicyclic) bond motifs is 1. The Morgan fingerprint density at radius 3 is 2.56 bits per heavy atom. The maximum absolute atomic E-state index is 12.4. The fraction of sp³-hybridized carbons (Fsp3) is 0.125. The molecule has 0 aliphatic carbocycles. The highest BCUT2D eigenvalue weighted by molar-refractivity contribution is 5.98. The number of carbonyl (C=O) groups is 1. The summed E-state index contributed by atoms with van der Waals surface area (Å²) in [5.41, 5.74) is 3.37. The van der Waals surface area contributed by atoms with Gasteiger partial charge in [-0.2, -0.15) is 5.10 Å². The Bertz CT molecular complexity index is 1310. The molecule has 0 saturated heterocycles. The Morgan fingerprint density at radius 2 is 1.88 bits per heavy atom.